The molecule has 2 aromatic rings. The van der Waals surface area contributed by atoms with E-state index in [0.717, 1.165) is 18.9 Å². The Morgan fingerprint density at radius 1 is 1.17 bits per heavy atom. The van der Waals surface area contributed by atoms with Gasteiger partial charge in [-0.25, -0.2) is 4.39 Å². The lowest BCUT2D eigenvalue weighted by Gasteiger charge is -2.50. The molecular formula is C20H18Cl2FN5O. The fourth-order valence-corrected chi connectivity index (χ4v) is 4.41. The maximum absolute atomic E-state index is 13.6. The minimum Gasteiger partial charge on any atom is -0.324 e. The van der Waals surface area contributed by atoms with Gasteiger partial charge in [-0.2, -0.15) is 0 Å². The molecule has 150 valence electrons. The normalized spacial score (nSPS) is 21.3. The van der Waals surface area contributed by atoms with Crippen LogP contribution < -0.4 is 0 Å². The summed E-state index contributed by atoms with van der Waals surface area (Å²) in [6.45, 7) is 0.322. The molecule has 9 heteroatoms. The number of fused-ring (bicyclic) bond motifs is 2. The number of benzene rings is 1. The highest BCUT2D eigenvalue weighted by Gasteiger charge is 2.45. The van der Waals surface area contributed by atoms with Crippen LogP contribution in [0.1, 0.15) is 35.3 Å². The highest BCUT2D eigenvalue weighted by atomic mass is 35.5. The van der Waals surface area contributed by atoms with Crippen LogP contribution in [0.5, 0.6) is 0 Å². The highest BCUT2D eigenvalue weighted by molar-refractivity contribution is 6.44. The monoisotopic (exact) mass is 433 g/mol. The summed E-state index contributed by atoms with van der Waals surface area (Å²) in [5.41, 5.74) is 0.597. The quantitative estimate of drug-likeness (QED) is 0.422. The average Bonchev–Trinajstić information content (AvgIpc) is 2.74. The van der Waals surface area contributed by atoms with Crippen molar-refractivity contribution in [3.63, 3.8) is 0 Å². The number of carbonyl (C=O) groups is 1. The summed E-state index contributed by atoms with van der Waals surface area (Å²) in [5, 5.41) is 16.8. The Kier molecular flexibility index (Phi) is 5.27. The van der Waals surface area contributed by atoms with Gasteiger partial charge in [0.1, 0.15) is 17.3 Å². The van der Waals surface area contributed by atoms with Crippen molar-refractivity contribution in [1.29, 1.82) is 10.8 Å². The van der Waals surface area contributed by atoms with Gasteiger partial charge in [0.2, 0.25) is 0 Å². The molecule has 2 atom stereocenters. The third-order valence-electron chi connectivity index (χ3n) is 5.42. The van der Waals surface area contributed by atoms with Crippen molar-refractivity contribution in [2.24, 2.45) is 0 Å². The summed E-state index contributed by atoms with van der Waals surface area (Å²) in [6, 6.07) is 7.05. The van der Waals surface area contributed by atoms with Crippen LogP contribution in [0.15, 0.2) is 36.5 Å². The predicted octanol–water partition coefficient (Wildman–Crippen LogP) is 4.21. The summed E-state index contributed by atoms with van der Waals surface area (Å²) in [5.74, 6) is -0.744. The molecule has 2 aliphatic heterocycles. The number of hydrogen-bond acceptors (Lipinski definition) is 4. The second-order valence-corrected chi connectivity index (χ2v) is 7.85. The van der Waals surface area contributed by atoms with Crippen molar-refractivity contribution in [2.75, 3.05) is 6.54 Å². The minimum atomic E-state index is -0.685. The van der Waals surface area contributed by atoms with E-state index < -0.39 is 11.9 Å². The van der Waals surface area contributed by atoms with Crippen molar-refractivity contribution in [3.8, 4) is 0 Å². The zero-order valence-electron chi connectivity index (χ0n) is 15.3. The van der Waals surface area contributed by atoms with E-state index in [0.29, 0.717) is 18.7 Å². The molecule has 0 aliphatic carbocycles. The van der Waals surface area contributed by atoms with E-state index in [1.54, 1.807) is 34.2 Å². The molecule has 1 aromatic heterocycles. The van der Waals surface area contributed by atoms with Gasteiger partial charge in [0.15, 0.2) is 5.84 Å². The second kappa shape index (κ2) is 7.72. The summed E-state index contributed by atoms with van der Waals surface area (Å²) < 4.78 is 13.6. The van der Waals surface area contributed by atoms with Crippen LogP contribution in [0.4, 0.5) is 4.39 Å². The van der Waals surface area contributed by atoms with E-state index in [1.807, 2.05) is 0 Å². The molecule has 2 aliphatic rings. The molecule has 0 saturated carbocycles. The number of rotatable bonds is 2. The van der Waals surface area contributed by atoms with Crippen LogP contribution >= 0.6 is 23.2 Å². The number of piperazine rings is 1. The van der Waals surface area contributed by atoms with Crippen molar-refractivity contribution in [1.82, 2.24) is 14.8 Å². The van der Waals surface area contributed by atoms with Gasteiger partial charge in [0.05, 0.1) is 27.7 Å². The Balaban J connectivity index is 1.65. The fourth-order valence-electron chi connectivity index (χ4n) is 4.01. The summed E-state index contributed by atoms with van der Waals surface area (Å²) >= 11 is 12.0. The van der Waals surface area contributed by atoms with E-state index in [4.69, 9.17) is 34.0 Å². The van der Waals surface area contributed by atoms with Gasteiger partial charge >= 0.3 is 0 Å². The third kappa shape index (κ3) is 3.38. The van der Waals surface area contributed by atoms with Gasteiger partial charge in [-0.05, 0) is 43.5 Å². The summed E-state index contributed by atoms with van der Waals surface area (Å²) in [7, 11) is 0. The third-order valence-corrected chi connectivity index (χ3v) is 6.28. The SMILES string of the molecule is N=C(c1ccccn1)N1CC2CCCC(C1=N)N2C(=O)c1ccc(F)c(Cl)c1Cl. The van der Waals surface area contributed by atoms with Gasteiger partial charge in [-0.15, -0.1) is 0 Å². The van der Waals surface area contributed by atoms with Gasteiger partial charge in [-0.1, -0.05) is 29.3 Å². The molecule has 2 unspecified atom stereocenters. The second-order valence-electron chi connectivity index (χ2n) is 7.10. The number of nitrogens with zero attached hydrogens (tertiary/aromatic N) is 3. The Bertz CT molecular complexity index is 1000. The predicted molar refractivity (Wildman–Crippen MR) is 110 cm³/mol. The first-order valence-electron chi connectivity index (χ1n) is 9.22. The number of aromatic nitrogens is 1. The summed E-state index contributed by atoms with van der Waals surface area (Å²) in [6.07, 6.45) is 3.84. The lowest BCUT2D eigenvalue weighted by atomic mass is 9.89. The molecule has 2 N–H and O–H groups in total. The van der Waals surface area contributed by atoms with Crippen LogP contribution in [0.3, 0.4) is 0 Å². The lowest BCUT2D eigenvalue weighted by molar-refractivity contribution is 0.0447. The molecule has 0 radical (unpaired) electrons. The Morgan fingerprint density at radius 3 is 2.69 bits per heavy atom. The van der Waals surface area contributed by atoms with E-state index >= 15 is 0 Å². The Morgan fingerprint density at radius 2 is 1.97 bits per heavy atom. The highest BCUT2D eigenvalue weighted by Crippen LogP contribution is 2.35. The Labute approximate surface area is 177 Å². The largest absolute Gasteiger partial charge is 0.324 e. The zero-order valence-corrected chi connectivity index (χ0v) is 16.8. The smallest absolute Gasteiger partial charge is 0.256 e. The van der Waals surface area contributed by atoms with Crippen molar-refractivity contribution in [3.05, 3.63) is 63.6 Å². The first kappa shape index (κ1) is 19.8. The van der Waals surface area contributed by atoms with E-state index in [-0.39, 0.29) is 39.2 Å². The molecule has 6 nitrogen and oxygen atoms in total. The molecule has 1 aromatic carbocycles. The van der Waals surface area contributed by atoms with Crippen LogP contribution in [0.2, 0.25) is 10.0 Å². The molecule has 2 fully saturated rings. The molecule has 3 heterocycles. The van der Waals surface area contributed by atoms with Gasteiger partial charge in [0.25, 0.3) is 5.91 Å². The molecule has 4 rings (SSSR count). The number of amides is 1. The van der Waals surface area contributed by atoms with Crippen molar-refractivity contribution in [2.45, 2.75) is 31.3 Å². The molecule has 1 amide bonds. The number of likely N-dealkylation sites (tertiary alicyclic amines) is 1. The van der Waals surface area contributed by atoms with Crippen LogP contribution in [-0.2, 0) is 0 Å². The van der Waals surface area contributed by atoms with Crippen LogP contribution in [0.25, 0.3) is 0 Å². The lowest BCUT2D eigenvalue weighted by Crippen LogP contribution is -2.66. The maximum atomic E-state index is 13.6. The number of carbonyl (C=O) groups excluding carboxylic acids is 1. The number of hydrogen-bond donors (Lipinski definition) is 2. The number of halogens is 3. The number of piperidine rings is 1. The van der Waals surface area contributed by atoms with E-state index in [2.05, 4.69) is 4.98 Å². The molecule has 2 saturated heterocycles. The molecule has 0 spiro atoms. The van der Waals surface area contributed by atoms with Gasteiger partial charge < -0.3 is 9.80 Å². The standard InChI is InChI=1S/C20H18Cl2FN5O/c21-16-12(7-8-13(23)17(16)22)20(29)28-11-4-3-6-15(28)19(25)27(10-11)18(24)14-5-1-2-9-26-14/h1-2,5,7-9,11,15,24-25H,3-4,6,10H2. The van der Waals surface area contributed by atoms with Crippen LogP contribution in [0, 0.1) is 16.6 Å². The number of nitrogens with one attached hydrogen (secondary N) is 2. The summed E-state index contributed by atoms with van der Waals surface area (Å²) in [4.78, 5) is 20.7. The topological polar surface area (TPSA) is 84.1 Å². The van der Waals surface area contributed by atoms with Crippen molar-refractivity contribution >= 4 is 40.8 Å². The first-order valence-corrected chi connectivity index (χ1v) is 9.98. The van der Waals surface area contributed by atoms with Crippen LogP contribution in [-0.4, -0.2) is 51.0 Å². The maximum Gasteiger partial charge on any atom is 0.256 e. The average molecular weight is 434 g/mol. The fraction of sp³-hybridized carbons (Fsp3) is 0.300. The van der Waals surface area contributed by atoms with E-state index in [1.165, 1.54) is 6.07 Å². The minimum absolute atomic E-state index is 0.120. The molecule has 29 heavy (non-hydrogen) atoms. The van der Waals surface area contributed by atoms with Gasteiger partial charge in [-0.3, -0.25) is 20.6 Å². The first-order chi connectivity index (χ1) is 13.9. The van der Waals surface area contributed by atoms with E-state index in [9.17, 15) is 9.18 Å². The number of amidine groups is 2. The number of pyridine rings is 1. The molecule has 2 bridgehead atoms. The zero-order chi connectivity index (χ0) is 20.7. The Hall–Kier alpha value is -2.51. The molecular weight excluding hydrogens is 416 g/mol. The van der Waals surface area contributed by atoms with Gasteiger partial charge in [0, 0.05) is 12.7 Å². The van der Waals surface area contributed by atoms with Crippen molar-refractivity contribution < 1.29 is 9.18 Å².